The zero-order chi connectivity index (χ0) is 7.49. The second-order valence-corrected chi connectivity index (χ2v) is 2.26. The molecule has 10 heavy (non-hydrogen) atoms. The highest BCUT2D eigenvalue weighted by molar-refractivity contribution is 5.85. The molecular formula is C6H14ClNO2. The summed E-state index contributed by atoms with van der Waals surface area (Å²) >= 11 is 0. The van der Waals surface area contributed by atoms with Crippen molar-refractivity contribution in [3.05, 3.63) is 0 Å². The number of rotatable bonds is 2. The summed E-state index contributed by atoms with van der Waals surface area (Å²) in [7, 11) is 1.34. The first-order valence-corrected chi connectivity index (χ1v) is 2.92. The zero-order valence-electron chi connectivity index (χ0n) is 6.51. The Kier molecular flexibility index (Phi) is 5.61. The van der Waals surface area contributed by atoms with Crippen LogP contribution in [0.3, 0.4) is 0 Å². The topological polar surface area (TPSA) is 52.3 Å². The van der Waals surface area contributed by atoms with Crippen molar-refractivity contribution >= 4 is 18.4 Å². The number of ether oxygens (including phenoxy) is 1. The van der Waals surface area contributed by atoms with Gasteiger partial charge in [0.15, 0.2) is 0 Å². The summed E-state index contributed by atoms with van der Waals surface area (Å²) in [5.41, 5.74) is 4.68. The van der Waals surface area contributed by atoms with Gasteiger partial charge in [-0.1, -0.05) is 6.92 Å². The molecule has 0 aliphatic rings. The molecule has 0 spiro atoms. The number of hydrogen-bond acceptors (Lipinski definition) is 3. The second-order valence-electron chi connectivity index (χ2n) is 2.26. The Morgan fingerprint density at radius 3 is 2.20 bits per heavy atom. The van der Waals surface area contributed by atoms with E-state index in [1.807, 2.05) is 6.92 Å². The molecule has 0 fully saturated rings. The predicted octanol–water partition coefficient (Wildman–Crippen LogP) is 0.709. The molecule has 0 aliphatic heterocycles. The Balaban J connectivity index is 0. The van der Waals surface area contributed by atoms with E-state index >= 15 is 0 Å². The molecule has 62 valence electrons. The molecule has 0 aliphatic carbocycles. The van der Waals surface area contributed by atoms with Crippen molar-refractivity contribution < 1.29 is 9.53 Å². The van der Waals surface area contributed by atoms with E-state index in [2.05, 4.69) is 4.74 Å². The van der Waals surface area contributed by atoms with Crippen LogP contribution in [-0.4, -0.2) is 18.6 Å². The Bertz CT molecular complexity index is 114. The minimum Gasteiger partial charge on any atom is -0.468 e. The zero-order valence-corrected chi connectivity index (χ0v) is 7.33. The normalized spacial score (nSPS) is 14.8. The van der Waals surface area contributed by atoms with Gasteiger partial charge in [0.2, 0.25) is 0 Å². The maximum Gasteiger partial charge on any atom is 0.325 e. The maximum atomic E-state index is 10.7. The molecule has 0 radical (unpaired) electrons. The predicted molar refractivity (Wildman–Crippen MR) is 42.1 cm³/mol. The molecule has 0 aromatic carbocycles. The van der Waals surface area contributed by atoms with Crippen LogP contribution in [0.1, 0.15) is 20.3 Å². The van der Waals surface area contributed by atoms with E-state index in [-0.39, 0.29) is 18.4 Å². The Morgan fingerprint density at radius 1 is 1.70 bits per heavy atom. The van der Waals surface area contributed by atoms with Gasteiger partial charge in [-0.2, -0.15) is 0 Å². The lowest BCUT2D eigenvalue weighted by atomic mass is 10.0. The molecule has 1 atom stereocenters. The van der Waals surface area contributed by atoms with Gasteiger partial charge in [-0.25, -0.2) is 0 Å². The van der Waals surface area contributed by atoms with Crippen LogP contribution in [0.25, 0.3) is 0 Å². The van der Waals surface area contributed by atoms with Crippen LogP contribution in [0.2, 0.25) is 0 Å². The number of hydrogen-bond donors (Lipinski definition) is 1. The number of esters is 1. The highest BCUT2D eigenvalue weighted by atomic mass is 35.5. The first-order chi connectivity index (χ1) is 4.04. The molecule has 0 rings (SSSR count). The van der Waals surface area contributed by atoms with Crippen molar-refractivity contribution in [3.8, 4) is 0 Å². The lowest BCUT2D eigenvalue weighted by molar-refractivity contribution is -0.146. The molecular weight excluding hydrogens is 154 g/mol. The fourth-order valence-corrected chi connectivity index (χ4v) is 0.377. The number of methoxy groups -OCH3 is 1. The fraction of sp³-hybridized carbons (Fsp3) is 0.833. The van der Waals surface area contributed by atoms with Crippen LogP contribution in [0.15, 0.2) is 0 Å². The maximum absolute atomic E-state index is 10.7. The average molecular weight is 168 g/mol. The number of halogens is 1. The molecule has 0 amide bonds. The number of nitrogens with two attached hydrogens (primary N) is 1. The van der Waals surface area contributed by atoms with Crippen LogP contribution >= 0.6 is 12.4 Å². The fourth-order valence-electron chi connectivity index (χ4n) is 0.377. The third-order valence-electron chi connectivity index (χ3n) is 1.39. The Morgan fingerprint density at radius 2 is 2.10 bits per heavy atom. The van der Waals surface area contributed by atoms with Gasteiger partial charge in [-0.3, -0.25) is 4.79 Å². The monoisotopic (exact) mass is 167 g/mol. The van der Waals surface area contributed by atoms with Gasteiger partial charge in [-0.05, 0) is 13.3 Å². The summed E-state index contributed by atoms with van der Waals surface area (Å²) in [6.45, 7) is 3.50. The summed E-state index contributed by atoms with van der Waals surface area (Å²) in [4.78, 5) is 10.7. The molecule has 4 heteroatoms. The first kappa shape index (κ1) is 12.4. The summed E-state index contributed by atoms with van der Waals surface area (Å²) in [5, 5.41) is 0. The molecule has 0 bridgehead atoms. The Hall–Kier alpha value is -0.280. The quantitative estimate of drug-likeness (QED) is 0.617. The smallest absolute Gasteiger partial charge is 0.325 e. The summed E-state index contributed by atoms with van der Waals surface area (Å²) in [6.07, 6.45) is 0.597. The van der Waals surface area contributed by atoms with E-state index in [1.165, 1.54) is 7.11 Å². The van der Waals surface area contributed by atoms with E-state index in [0.717, 1.165) is 0 Å². The molecule has 0 heterocycles. The van der Waals surface area contributed by atoms with Gasteiger partial charge in [0.25, 0.3) is 0 Å². The van der Waals surface area contributed by atoms with Crippen LogP contribution in [-0.2, 0) is 9.53 Å². The van der Waals surface area contributed by atoms with Crippen molar-refractivity contribution in [2.24, 2.45) is 5.73 Å². The lowest BCUT2D eigenvalue weighted by Crippen LogP contribution is -2.44. The highest BCUT2D eigenvalue weighted by Crippen LogP contribution is 2.05. The molecule has 0 saturated carbocycles. The first-order valence-electron chi connectivity index (χ1n) is 2.92. The SMILES string of the molecule is CC[C@](C)(N)C(=O)OC.Cl. The van der Waals surface area contributed by atoms with Crippen molar-refractivity contribution in [3.63, 3.8) is 0 Å². The van der Waals surface area contributed by atoms with Gasteiger partial charge in [0, 0.05) is 0 Å². The van der Waals surface area contributed by atoms with Gasteiger partial charge in [-0.15, -0.1) is 12.4 Å². The third-order valence-corrected chi connectivity index (χ3v) is 1.39. The summed E-state index contributed by atoms with van der Waals surface area (Å²) in [6, 6.07) is 0. The van der Waals surface area contributed by atoms with Crippen LogP contribution in [0, 0.1) is 0 Å². The van der Waals surface area contributed by atoms with Gasteiger partial charge < -0.3 is 10.5 Å². The standard InChI is InChI=1S/C6H13NO2.ClH/c1-4-6(2,7)5(8)9-3;/h4,7H2,1-3H3;1H/t6-;/m0./s1. The molecule has 2 N–H and O–H groups in total. The number of carbonyl (C=O) groups is 1. The van der Waals surface area contributed by atoms with E-state index in [4.69, 9.17) is 5.73 Å². The number of carbonyl (C=O) groups excluding carboxylic acids is 1. The van der Waals surface area contributed by atoms with E-state index in [9.17, 15) is 4.79 Å². The van der Waals surface area contributed by atoms with Gasteiger partial charge in [0.1, 0.15) is 5.54 Å². The molecule has 0 aromatic heterocycles. The molecule has 3 nitrogen and oxygen atoms in total. The van der Waals surface area contributed by atoms with Crippen molar-refractivity contribution in [2.45, 2.75) is 25.8 Å². The minimum atomic E-state index is -0.811. The molecule has 0 saturated heterocycles. The average Bonchev–Trinajstić information content (AvgIpc) is 1.86. The lowest BCUT2D eigenvalue weighted by Gasteiger charge is -2.18. The van der Waals surface area contributed by atoms with Crippen molar-refractivity contribution in [2.75, 3.05) is 7.11 Å². The molecule has 0 aromatic rings. The second kappa shape index (κ2) is 4.52. The van der Waals surface area contributed by atoms with Crippen molar-refractivity contribution in [1.82, 2.24) is 0 Å². The summed E-state index contributed by atoms with van der Waals surface area (Å²) < 4.78 is 4.44. The summed E-state index contributed by atoms with van der Waals surface area (Å²) in [5.74, 6) is -0.356. The van der Waals surface area contributed by atoms with Crippen LogP contribution in [0.5, 0.6) is 0 Å². The third kappa shape index (κ3) is 3.03. The minimum absolute atomic E-state index is 0. The molecule has 0 unspecified atom stereocenters. The van der Waals surface area contributed by atoms with Crippen LogP contribution in [0.4, 0.5) is 0 Å². The largest absolute Gasteiger partial charge is 0.468 e. The van der Waals surface area contributed by atoms with E-state index in [0.29, 0.717) is 6.42 Å². The van der Waals surface area contributed by atoms with Crippen LogP contribution < -0.4 is 5.73 Å². The van der Waals surface area contributed by atoms with Crippen molar-refractivity contribution in [1.29, 1.82) is 0 Å². The van der Waals surface area contributed by atoms with E-state index < -0.39 is 5.54 Å². The van der Waals surface area contributed by atoms with Gasteiger partial charge in [0.05, 0.1) is 7.11 Å². The van der Waals surface area contributed by atoms with Gasteiger partial charge >= 0.3 is 5.97 Å². The highest BCUT2D eigenvalue weighted by Gasteiger charge is 2.26. The van der Waals surface area contributed by atoms with E-state index in [1.54, 1.807) is 6.92 Å². The Labute approximate surface area is 67.3 Å².